The minimum atomic E-state index is -0.471. The van der Waals surface area contributed by atoms with E-state index in [1.807, 2.05) is 26.0 Å². The number of hydrazine groups is 1. The van der Waals surface area contributed by atoms with Crippen molar-refractivity contribution in [3.05, 3.63) is 59.2 Å². The van der Waals surface area contributed by atoms with Crippen LogP contribution < -0.4 is 25.6 Å². The van der Waals surface area contributed by atoms with Gasteiger partial charge in [-0.3, -0.25) is 25.8 Å². The van der Waals surface area contributed by atoms with E-state index in [4.69, 9.17) is 26.4 Å². The lowest BCUT2D eigenvalue weighted by Gasteiger charge is -2.14. The van der Waals surface area contributed by atoms with E-state index < -0.39 is 11.8 Å². The predicted molar refractivity (Wildman–Crippen MR) is 117 cm³/mol. The number of thiocarbonyl (C=S) groups is 1. The van der Waals surface area contributed by atoms with Crippen molar-refractivity contribution < 1.29 is 23.8 Å². The van der Waals surface area contributed by atoms with E-state index in [2.05, 4.69) is 16.2 Å². The fraction of sp³-hybridized carbons (Fsp3) is 0.286. The molecule has 0 aromatic heterocycles. The zero-order valence-electron chi connectivity index (χ0n) is 17.1. The first kappa shape index (κ1) is 23.1. The molecular formula is C21H25N3O5S. The molecule has 2 rings (SSSR count). The highest BCUT2D eigenvalue weighted by molar-refractivity contribution is 7.80. The van der Waals surface area contributed by atoms with Gasteiger partial charge in [-0.15, -0.1) is 0 Å². The summed E-state index contributed by atoms with van der Waals surface area (Å²) in [6.07, 6.45) is 0. The molecule has 2 amide bonds. The summed E-state index contributed by atoms with van der Waals surface area (Å²) >= 11 is 5.05. The maximum Gasteiger partial charge on any atom is 0.276 e. The molecule has 0 aliphatic heterocycles. The molecule has 0 heterocycles. The number of hydrogen-bond acceptors (Lipinski definition) is 6. The molecule has 30 heavy (non-hydrogen) atoms. The van der Waals surface area contributed by atoms with E-state index >= 15 is 0 Å². The molecule has 2 aromatic rings. The van der Waals surface area contributed by atoms with Crippen molar-refractivity contribution in [1.29, 1.82) is 0 Å². The molecular weight excluding hydrogens is 406 g/mol. The molecule has 0 aliphatic rings. The topological polar surface area (TPSA) is 97.9 Å². The SMILES string of the molecule is COCCOc1ccccc1C(=O)NC(=S)NNC(=O)COc1cccc(C)c1C. The van der Waals surface area contributed by atoms with E-state index in [-0.39, 0.29) is 11.7 Å². The van der Waals surface area contributed by atoms with Crippen LogP contribution in [0.15, 0.2) is 42.5 Å². The van der Waals surface area contributed by atoms with Gasteiger partial charge in [-0.2, -0.15) is 0 Å². The normalized spacial score (nSPS) is 10.1. The highest BCUT2D eigenvalue weighted by Gasteiger charge is 2.14. The van der Waals surface area contributed by atoms with Crippen molar-refractivity contribution in [1.82, 2.24) is 16.2 Å². The third kappa shape index (κ3) is 7.02. The van der Waals surface area contributed by atoms with E-state index in [1.54, 1.807) is 37.4 Å². The van der Waals surface area contributed by atoms with Gasteiger partial charge >= 0.3 is 0 Å². The maximum atomic E-state index is 12.4. The van der Waals surface area contributed by atoms with Crippen LogP contribution in [0.3, 0.4) is 0 Å². The van der Waals surface area contributed by atoms with Gasteiger partial charge in [0.1, 0.15) is 18.1 Å². The number of para-hydroxylation sites is 1. The maximum absolute atomic E-state index is 12.4. The Labute approximate surface area is 180 Å². The number of carbonyl (C=O) groups is 2. The van der Waals surface area contributed by atoms with Crippen LogP contribution in [-0.4, -0.2) is 43.9 Å². The molecule has 0 bridgehead atoms. The molecule has 2 aromatic carbocycles. The minimum absolute atomic E-state index is 0.0632. The van der Waals surface area contributed by atoms with Gasteiger partial charge in [0.25, 0.3) is 11.8 Å². The van der Waals surface area contributed by atoms with Crippen LogP contribution in [0, 0.1) is 13.8 Å². The largest absolute Gasteiger partial charge is 0.490 e. The Bertz CT molecular complexity index is 904. The molecule has 160 valence electrons. The standard InChI is InChI=1S/C21H25N3O5S/c1-14-7-6-10-17(15(14)2)29-13-19(25)23-24-21(30)22-20(26)16-8-4-5-9-18(16)28-12-11-27-3/h4-10H,11-13H2,1-3H3,(H,23,25)(H2,22,24,26,30). The second-order valence-corrected chi connectivity index (χ2v) is 6.69. The molecule has 0 spiro atoms. The Morgan fingerprint density at radius 1 is 0.933 bits per heavy atom. The van der Waals surface area contributed by atoms with Crippen molar-refractivity contribution in [3.63, 3.8) is 0 Å². The monoisotopic (exact) mass is 431 g/mol. The zero-order valence-corrected chi connectivity index (χ0v) is 17.9. The zero-order chi connectivity index (χ0) is 21.9. The van der Waals surface area contributed by atoms with Crippen LogP contribution in [0.4, 0.5) is 0 Å². The number of hydrogen-bond donors (Lipinski definition) is 3. The molecule has 0 radical (unpaired) electrons. The highest BCUT2D eigenvalue weighted by atomic mass is 32.1. The van der Waals surface area contributed by atoms with Crippen LogP contribution in [-0.2, 0) is 9.53 Å². The summed E-state index contributed by atoms with van der Waals surface area (Å²) in [6.45, 7) is 4.38. The molecule has 0 aliphatic carbocycles. The number of nitrogens with one attached hydrogen (secondary N) is 3. The van der Waals surface area contributed by atoms with Gasteiger partial charge in [-0.05, 0) is 55.4 Å². The quantitative estimate of drug-likeness (QED) is 0.334. The molecule has 8 nitrogen and oxygen atoms in total. The summed E-state index contributed by atoms with van der Waals surface area (Å²) in [6, 6.07) is 12.4. The van der Waals surface area contributed by atoms with Gasteiger partial charge < -0.3 is 14.2 Å². The average Bonchev–Trinajstić information content (AvgIpc) is 2.73. The molecule has 0 atom stereocenters. The summed E-state index contributed by atoms with van der Waals surface area (Å²) in [5, 5.41) is 2.42. The summed E-state index contributed by atoms with van der Waals surface area (Å²) in [7, 11) is 1.56. The van der Waals surface area contributed by atoms with Crippen LogP contribution in [0.2, 0.25) is 0 Å². The second-order valence-electron chi connectivity index (χ2n) is 6.28. The Morgan fingerprint density at radius 3 is 2.43 bits per heavy atom. The van der Waals surface area contributed by atoms with Gasteiger partial charge in [-0.1, -0.05) is 24.3 Å². The molecule has 0 unspecified atom stereocenters. The number of benzene rings is 2. The van der Waals surface area contributed by atoms with Gasteiger partial charge in [0, 0.05) is 7.11 Å². The summed E-state index contributed by atoms with van der Waals surface area (Å²) < 4.78 is 16.0. The van der Waals surface area contributed by atoms with Crippen molar-refractivity contribution >= 4 is 29.1 Å². The predicted octanol–water partition coefficient (Wildman–Crippen LogP) is 2.04. The third-order valence-corrected chi connectivity index (χ3v) is 4.34. The summed E-state index contributed by atoms with van der Waals surface area (Å²) in [5.74, 6) is 0.115. The number of methoxy groups -OCH3 is 1. The number of carbonyl (C=O) groups excluding carboxylic acids is 2. The summed E-state index contributed by atoms with van der Waals surface area (Å²) in [4.78, 5) is 24.4. The molecule has 0 saturated carbocycles. The number of ether oxygens (including phenoxy) is 3. The Kier molecular flexibility index (Phi) is 9.04. The van der Waals surface area contributed by atoms with E-state index in [9.17, 15) is 9.59 Å². The Morgan fingerprint density at radius 2 is 1.67 bits per heavy atom. The lowest BCUT2D eigenvalue weighted by Crippen LogP contribution is -2.49. The molecule has 3 N–H and O–H groups in total. The lowest BCUT2D eigenvalue weighted by molar-refractivity contribution is -0.123. The number of aryl methyl sites for hydroxylation is 1. The van der Waals surface area contributed by atoms with Crippen molar-refractivity contribution in [3.8, 4) is 11.5 Å². The average molecular weight is 432 g/mol. The van der Waals surface area contributed by atoms with Crippen molar-refractivity contribution in [2.75, 3.05) is 26.9 Å². The Balaban J connectivity index is 1.81. The van der Waals surface area contributed by atoms with Gasteiger partial charge in [0.2, 0.25) is 0 Å². The lowest BCUT2D eigenvalue weighted by atomic mass is 10.1. The van der Waals surface area contributed by atoms with E-state index in [0.717, 1.165) is 11.1 Å². The van der Waals surface area contributed by atoms with Gasteiger partial charge in [0.15, 0.2) is 11.7 Å². The van der Waals surface area contributed by atoms with Gasteiger partial charge in [-0.25, -0.2) is 0 Å². The fourth-order valence-corrected chi connectivity index (χ4v) is 2.55. The first-order valence-electron chi connectivity index (χ1n) is 9.22. The third-order valence-electron chi connectivity index (χ3n) is 4.13. The molecule has 0 saturated heterocycles. The van der Waals surface area contributed by atoms with Crippen molar-refractivity contribution in [2.45, 2.75) is 13.8 Å². The van der Waals surface area contributed by atoms with Crippen LogP contribution in [0.1, 0.15) is 21.5 Å². The molecule has 0 fully saturated rings. The minimum Gasteiger partial charge on any atom is -0.490 e. The summed E-state index contributed by atoms with van der Waals surface area (Å²) in [5.41, 5.74) is 7.20. The fourth-order valence-electron chi connectivity index (χ4n) is 2.40. The second kappa shape index (κ2) is 11.7. The molecule has 9 heteroatoms. The number of amides is 2. The van der Waals surface area contributed by atoms with E-state index in [0.29, 0.717) is 30.3 Å². The van der Waals surface area contributed by atoms with Crippen molar-refractivity contribution in [2.24, 2.45) is 0 Å². The van der Waals surface area contributed by atoms with E-state index in [1.165, 1.54) is 0 Å². The van der Waals surface area contributed by atoms with Crippen LogP contribution >= 0.6 is 12.2 Å². The Hall–Kier alpha value is -3.17. The van der Waals surface area contributed by atoms with Gasteiger partial charge in [0.05, 0.1) is 12.2 Å². The highest BCUT2D eigenvalue weighted by Crippen LogP contribution is 2.20. The first-order chi connectivity index (χ1) is 14.4. The smallest absolute Gasteiger partial charge is 0.276 e. The van der Waals surface area contributed by atoms with Crippen LogP contribution in [0.25, 0.3) is 0 Å². The first-order valence-corrected chi connectivity index (χ1v) is 9.63. The van der Waals surface area contributed by atoms with Crippen LogP contribution in [0.5, 0.6) is 11.5 Å². The number of rotatable bonds is 8.